The summed E-state index contributed by atoms with van der Waals surface area (Å²) in [5, 5.41) is 0. The molecule has 0 N–H and O–H groups in total. The Hall–Kier alpha value is -0.590. The summed E-state index contributed by atoms with van der Waals surface area (Å²) in [4.78, 5) is 0. The lowest BCUT2D eigenvalue weighted by Gasteiger charge is -2.13. The lowest BCUT2D eigenvalue weighted by molar-refractivity contribution is 0.0783. The van der Waals surface area contributed by atoms with Crippen molar-refractivity contribution in [2.24, 2.45) is 5.92 Å². The van der Waals surface area contributed by atoms with Gasteiger partial charge in [-0.3, -0.25) is 0 Å². The molecule has 2 heteroatoms. The van der Waals surface area contributed by atoms with Crippen LogP contribution in [0.15, 0.2) is 0 Å². The molecule has 0 unspecified atom stereocenters. The van der Waals surface area contributed by atoms with Crippen molar-refractivity contribution in [1.29, 1.82) is 0 Å². The third kappa shape index (κ3) is 2.00. The van der Waals surface area contributed by atoms with Gasteiger partial charge < -0.3 is 4.74 Å². The van der Waals surface area contributed by atoms with Gasteiger partial charge in [-0.15, -0.1) is 4.67 Å². The first-order valence-corrected chi connectivity index (χ1v) is 3.30. The molecule has 0 aromatic heterocycles. The van der Waals surface area contributed by atoms with Gasteiger partial charge in [0.15, 0.2) is 0 Å². The summed E-state index contributed by atoms with van der Waals surface area (Å²) in [6, 6.07) is 0. The van der Waals surface area contributed by atoms with Gasteiger partial charge in [-0.05, 0) is 12.8 Å². The highest BCUT2D eigenvalue weighted by Crippen LogP contribution is 2.09. The van der Waals surface area contributed by atoms with Crippen LogP contribution < -0.4 is 4.67 Å². The summed E-state index contributed by atoms with van der Waals surface area (Å²) in [6.07, 6.45) is 4.24. The van der Waals surface area contributed by atoms with E-state index < -0.39 is 0 Å². The van der Waals surface area contributed by atoms with Crippen molar-refractivity contribution in [2.75, 3.05) is 13.2 Å². The summed E-state index contributed by atoms with van der Waals surface area (Å²) in [6.45, 7) is 5.14. The van der Waals surface area contributed by atoms with Crippen molar-refractivity contribution >= 4 is 12.9 Å². The van der Waals surface area contributed by atoms with Crippen LogP contribution in [-0.2, 0) is 4.74 Å². The maximum Gasteiger partial charge on any atom is 0.273 e. The zero-order valence-electron chi connectivity index (χ0n) is 5.55. The standard InChI is InChI=1S/C7H12NO/c1-8-5-7-3-2-4-9-6-7/h5,7H,1-4,6H2/q+1/t7-/m0/s1. The van der Waals surface area contributed by atoms with Crippen LogP contribution in [0.25, 0.3) is 0 Å². The normalized spacial score (nSPS) is 26.9. The first kappa shape index (κ1) is 6.53. The van der Waals surface area contributed by atoms with Crippen LogP contribution in [0.2, 0.25) is 0 Å². The SMILES string of the molecule is C=[N+]=C[C@@H]1CCCOC1. The van der Waals surface area contributed by atoms with Crippen molar-refractivity contribution < 1.29 is 4.74 Å². The predicted octanol–water partition coefficient (Wildman–Crippen LogP) is 0.252. The van der Waals surface area contributed by atoms with Crippen molar-refractivity contribution in [2.45, 2.75) is 12.8 Å². The van der Waals surface area contributed by atoms with Crippen LogP contribution in [0.5, 0.6) is 0 Å². The smallest absolute Gasteiger partial charge is 0.273 e. The molecular weight excluding hydrogens is 114 g/mol. The molecule has 0 radical (unpaired) electrons. The second-order valence-corrected chi connectivity index (χ2v) is 2.31. The third-order valence-electron chi connectivity index (χ3n) is 1.51. The van der Waals surface area contributed by atoms with Crippen LogP contribution in [0.3, 0.4) is 0 Å². The Morgan fingerprint density at radius 2 is 2.56 bits per heavy atom. The fourth-order valence-electron chi connectivity index (χ4n) is 1.03. The van der Waals surface area contributed by atoms with Crippen LogP contribution in [-0.4, -0.2) is 26.1 Å². The number of hydrogen-bond acceptors (Lipinski definition) is 1. The number of hydrogen-bond donors (Lipinski definition) is 0. The molecule has 0 aromatic rings. The summed E-state index contributed by atoms with van der Waals surface area (Å²) in [7, 11) is 0. The lowest BCUT2D eigenvalue weighted by Crippen LogP contribution is -2.18. The number of ether oxygens (including phenoxy) is 1. The molecule has 1 saturated heterocycles. The average molecular weight is 126 g/mol. The van der Waals surface area contributed by atoms with E-state index in [0.717, 1.165) is 19.6 Å². The summed E-state index contributed by atoms with van der Waals surface area (Å²) >= 11 is 0. The second kappa shape index (κ2) is 3.44. The Labute approximate surface area is 55.3 Å². The molecule has 50 valence electrons. The van der Waals surface area contributed by atoms with E-state index in [-0.39, 0.29) is 0 Å². The lowest BCUT2D eigenvalue weighted by atomic mass is 10.0. The largest absolute Gasteiger partial charge is 0.381 e. The van der Waals surface area contributed by atoms with E-state index in [1.165, 1.54) is 6.42 Å². The van der Waals surface area contributed by atoms with Crippen LogP contribution >= 0.6 is 0 Å². The average Bonchev–Trinajstić information content (AvgIpc) is 1.91. The van der Waals surface area contributed by atoms with Gasteiger partial charge in [0, 0.05) is 6.61 Å². The van der Waals surface area contributed by atoms with Gasteiger partial charge in [0.05, 0.1) is 12.5 Å². The Balaban J connectivity index is 2.31. The third-order valence-corrected chi connectivity index (χ3v) is 1.51. The maximum absolute atomic E-state index is 5.22. The minimum atomic E-state index is 0.524. The molecule has 1 aliphatic heterocycles. The van der Waals surface area contributed by atoms with E-state index in [4.69, 9.17) is 4.74 Å². The summed E-state index contributed by atoms with van der Waals surface area (Å²) in [5.74, 6) is 0.524. The first-order valence-electron chi connectivity index (χ1n) is 3.30. The van der Waals surface area contributed by atoms with Gasteiger partial charge in [0.25, 0.3) is 12.9 Å². The first-order chi connectivity index (χ1) is 4.43. The highest BCUT2D eigenvalue weighted by molar-refractivity contribution is 5.61. The molecule has 2 nitrogen and oxygen atoms in total. The van der Waals surface area contributed by atoms with Gasteiger partial charge in [-0.2, -0.15) is 0 Å². The second-order valence-electron chi connectivity index (χ2n) is 2.31. The fraction of sp³-hybridized carbons (Fsp3) is 0.714. The highest BCUT2D eigenvalue weighted by Gasteiger charge is 2.14. The molecule has 0 aromatic carbocycles. The Bertz CT molecular complexity index is 121. The quantitative estimate of drug-likeness (QED) is 0.365. The van der Waals surface area contributed by atoms with E-state index in [9.17, 15) is 0 Å². The minimum absolute atomic E-state index is 0.524. The molecule has 1 fully saturated rings. The van der Waals surface area contributed by atoms with E-state index in [1.54, 1.807) is 0 Å². The molecule has 1 rings (SSSR count). The monoisotopic (exact) mass is 126 g/mol. The topological polar surface area (TPSA) is 23.3 Å². The zero-order chi connectivity index (χ0) is 6.53. The van der Waals surface area contributed by atoms with Gasteiger partial charge in [-0.1, -0.05) is 0 Å². The maximum atomic E-state index is 5.22. The van der Waals surface area contributed by atoms with E-state index in [0.29, 0.717) is 5.92 Å². The zero-order valence-corrected chi connectivity index (χ0v) is 5.55. The van der Waals surface area contributed by atoms with Crippen LogP contribution in [0.4, 0.5) is 0 Å². The molecular formula is C7H12NO+. The highest BCUT2D eigenvalue weighted by atomic mass is 16.5. The molecule has 0 spiro atoms. The number of nitrogens with zero attached hydrogens (tertiary/aromatic N) is 1. The Morgan fingerprint density at radius 3 is 3.11 bits per heavy atom. The molecule has 0 aliphatic carbocycles. The number of rotatable bonds is 1. The van der Waals surface area contributed by atoms with Gasteiger partial charge >= 0.3 is 0 Å². The van der Waals surface area contributed by atoms with Crippen molar-refractivity contribution in [3.63, 3.8) is 0 Å². The van der Waals surface area contributed by atoms with Gasteiger partial charge in [0.2, 0.25) is 0 Å². The Kier molecular flexibility index (Phi) is 2.49. The van der Waals surface area contributed by atoms with Crippen LogP contribution in [0, 0.1) is 5.92 Å². The molecule has 1 atom stereocenters. The van der Waals surface area contributed by atoms with Gasteiger partial charge in [0.1, 0.15) is 0 Å². The molecule has 0 saturated carbocycles. The summed E-state index contributed by atoms with van der Waals surface area (Å²) in [5.41, 5.74) is 0. The minimum Gasteiger partial charge on any atom is -0.381 e. The predicted molar refractivity (Wildman–Crippen MR) is 38.9 cm³/mol. The summed E-state index contributed by atoms with van der Waals surface area (Å²) < 4.78 is 8.92. The molecule has 0 amide bonds. The molecule has 1 aliphatic rings. The van der Waals surface area contributed by atoms with E-state index in [1.807, 2.05) is 6.21 Å². The van der Waals surface area contributed by atoms with Crippen molar-refractivity contribution in [1.82, 2.24) is 4.67 Å². The molecule has 9 heavy (non-hydrogen) atoms. The van der Waals surface area contributed by atoms with E-state index >= 15 is 0 Å². The van der Waals surface area contributed by atoms with E-state index in [2.05, 4.69) is 11.4 Å². The molecule has 0 bridgehead atoms. The van der Waals surface area contributed by atoms with Gasteiger partial charge in [-0.25, -0.2) is 0 Å². The molecule has 1 heterocycles. The fourth-order valence-corrected chi connectivity index (χ4v) is 1.03. The van der Waals surface area contributed by atoms with Crippen molar-refractivity contribution in [3.8, 4) is 0 Å². The van der Waals surface area contributed by atoms with Crippen LogP contribution in [0.1, 0.15) is 12.8 Å². The van der Waals surface area contributed by atoms with Crippen molar-refractivity contribution in [3.05, 3.63) is 0 Å². The Morgan fingerprint density at radius 1 is 1.67 bits per heavy atom.